The second kappa shape index (κ2) is 11.6. The van der Waals surface area contributed by atoms with Gasteiger partial charge in [-0.3, -0.25) is 4.79 Å². The lowest BCUT2D eigenvalue weighted by molar-refractivity contribution is -0.137. The average Bonchev–Trinajstić information content (AvgIpc) is 2.76. The predicted molar refractivity (Wildman–Crippen MR) is 132 cm³/mol. The number of rotatable bonds is 8. The Hall–Kier alpha value is -1.03. The lowest BCUT2D eigenvalue weighted by atomic mass is 9.94. The molecule has 1 fully saturated rings. The summed E-state index contributed by atoms with van der Waals surface area (Å²) in [5, 5.41) is 0. The number of hydrogen-bond donors (Lipinski definition) is 0. The van der Waals surface area contributed by atoms with E-state index in [1.165, 1.54) is 23.8 Å². The molecule has 2 aliphatic rings. The molecule has 1 saturated heterocycles. The average molecular weight is 580 g/mol. The first-order valence-electron chi connectivity index (χ1n) is 12.0. The van der Waals surface area contributed by atoms with Crippen LogP contribution in [0.1, 0.15) is 70.4 Å². The van der Waals surface area contributed by atoms with Crippen LogP contribution in [0.25, 0.3) is 0 Å². The van der Waals surface area contributed by atoms with Crippen molar-refractivity contribution in [1.29, 1.82) is 0 Å². The zero-order chi connectivity index (χ0) is 24.2. The first-order valence-corrected chi connectivity index (χ1v) is 13.3. The summed E-state index contributed by atoms with van der Waals surface area (Å²) in [6.07, 6.45) is 1.35. The van der Waals surface area contributed by atoms with Gasteiger partial charge in [0, 0.05) is 28.5 Å². The Morgan fingerprint density at radius 2 is 2.00 bits per heavy atom. The highest BCUT2D eigenvalue weighted by Crippen LogP contribution is 2.35. The minimum absolute atomic E-state index is 0.0521. The Morgan fingerprint density at radius 3 is 2.67 bits per heavy atom. The van der Waals surface area contributed by atoms with Crippen LogP contribution < -0.4 is 4.74 Å². The van der Waals surface area contributed by atoms with Crippen LogP contribution >= 0.6 is 22.6 Å². The number of carbonyl (C=O) groups excluding carboxylic acids is 1. The topological polar surface area (TPSA) is 32.8 Å². The third kappa shape index (κ3) is 7.47. The smallest absolute Gasteiger partial charge is 0.416 e. The van der Waals surface area contributed by atoms with Gasteiger partial charge in [0.05, 0.1) is 12.1 Å². The van der Waals surface area contributed by atoms with Crippen molar-refractivity contribution in [3.05, 3.63) is 29.3 Å². The number of piperidine rings is 1. The number of likely N-dealkylation sites (tertiary alicyclic amines) is 1. The highest BCUT2D eigenvalue weighted by Gasteiger charge is 2.33. The normalized spacial score (nSPS) is 22.7. The molecule has 1 aromatic carbocycles. The molecule has 8 heteroatoms. The van der Waals surface area contributed by atoms with Crippen LogP contribution in [0.3, 0.4) is 0 Å². The summed E-state index contributed by atoms with van der Waals surface area (Å²) in [7, 11) is 0. The van der Waals surface area contributed by atoms with Crippen LogP contribution in [-0.2, 0) is 17.5 Å². The number of ether oxygens (including phenoxy) is 1. The van der Waals surface area contributed by atoms with Gasteiger partial charge in [-0.05, 0) is 55.8 Å². The number of halogens is 4. The van der Waals surface area contributed by atoms with Crippen LogP contribution in [0.2, 0.25) is 0 Å². The molecule has 1 aromatic rings. The molecule has 33 heavy (non-hydrogen) atoms. The highest BCUT2D eigenvalue weighted by atomic mass is 127. The molecule has 3 atom stereocenters. The highest BCUT2D eigenvalue weighted by molar-refractivity contribution is 14.1. The second-order valence-corrected chi connectivity index (χ2v) is 11.6. The number of amides is 1. The molecule has 0 radical (unpaired) electrons. The molecule has 3 rings (SSSR count). The minimum atomic E-state index is -4.41. The van der Waals surface area contributed by atoms with E-state index < -0.39 is 11.7 Å². The van der Waals surface area contributed by atoms with Crippen molar-refractivity contribution in [3.63, 3.8) is 0 Å². The molecule has 1 unspecified atom stereocenters. The van der Waals surface area contributed by atoms with Gasteiger partial charge in [-0.25, -0.2) is 0 Å². The molecule has 2 heterocycles. The van der Waals surface area contributed by atoms with Crippen LogP contribution in [0.4, 0.5) is 13.2 Å². The van der Waals surface area contributed by atoms with Crippen molar-refractivity contribution >= 4 is 28.5 Å². The van der Waals surface area contributed by atoms with Gasteiger partial charge in [0.15, 0.2) is 6.73 Å². The maximum Gasteiger partial charge on any atom is 0.416 e. The minimum Gasteiger partial charge on any atom is -0.473 e. The Morgan fingerprint density at radius 1 is 1.24 bits per heavy atom. The van der Waals surface area contributed by atoms with E-state index >= 15 is 0 Å². The number of carbonyl (C=O) groups is 1. The number of hydrogen-bond acceptors (Lipinski definition) is 3. The van der Waals surface area contributed by atoms with Gasteiger partial charge in [-0.2, -0.15) is 13.2 Å². The Bertz CT molecular complexity index is 802. The van der Waals surface area contributed by atoms with E-state index in [2.05, 4.69) is 48.3 Å². The Balaban J connectivity index is 1.60. The fourth-order valence-electron chi connectivity index (χ4n) is 4.78. The monoisotopic (exact) mass is 580 g/mol. The maximum absolute atomic E-state index is 13.1. The first-order chi connectivity index (χ1) is 15.5. The van der Waals surface area contributed by atoms with Crippen molar-refractivity contribution in [1.82, 2.24) is 9.80 Å². The lowest BCUT2D eigenvalue weighted by Gasteiger charge is -2.40. The van der Waals surface area contributed by atoms with Gasteiger partial charge < -0.3 is 14.5 Å². The molecule has 186 valence electrons. The summed E-state index contributed by atoms with van der Waals surface area (Å²) in [6, 6.07) is 3.84. The van der Waals surface area contributed by atoms with Crippen molar-refractivity contribution in [2.45, 2.75) is 82.0 Å². The van der Waals surface area contributed by atoms with E-state index in [1.807, 2.05) is 0 Å². The van der Waals surface area contributed by atoms with Crippen molar-refractivity contribution in [2.24, 2.45) is 11.8 Å². The summed E-state index contributed by atoms with van der Waals surface area (Å²) in [6.45, 7) is 9.16. The summed E-state index contributed by atoms with van der Waals surface area (Å²) < 4.78 is 45.5. The molecule has 4 nitrogen and oxygen atoms in total. The Labute approximate surface area is 209 Å². The summed E-state index contributed by atoms with van der Waals surface area (Å²) >= 11 is 2.55. The van der Waals surface area contributed by atoms with E-state index in [0.717, 1.165) is 44.5 Å². The molecular formula is C25H36F3IN2O2. The van der Waals surface area contributed by atoms with Gasteiger partial charge in [0.1, 0.15) is 5.75 Å². The summed E-state index contributed by atoms with van der Waals surface area (Å²) in [5.74, 6) is 1.67. The molecule has 0 saturated carbocycles. The maximum atomic E-state index is 13.1. The van der Waals surface area contributed by atoms with Crippen molar-refractivity contribution < 1.29 is 22.7 Å². The summed E-state index contributed by atoms with van der Waals surface area (Å²) in [5.41, 5.74) is -0.298. The van der Waals surface area contributed by atoms with Crippen LogP contribution in [0.5, 0.6) is 5.75 Å². The molecule has 1 amide bonds. The van der Waals surface area contributed by atoms with Crippen molar-refractivity contribution in [2.75, 3.05) is 19.8 Å². The number of benzene rings is 1. The molecule has 0 spiro atoms. The fraction of sp³-hybridized carbons (Fsp3) is 0.720. The van der Waals surface area contributed by atoms with Crippen molar-refractivity contribution in [3.8, 4) is 5.75 Å². The first kappa shape index (κ1) is 26.6. The third-order valence-corrected chi connectivity index (χ3v) is 8.69. The zero-order valence-electron chi connectivity index (χ0n) is 19.8. The third-order valence-electron chi connectivity index (χ3n) is 6.84. The second-order valence-electron chi connectivity index (χ2n) is 9.98. The molecule has 0 aromatic heterocycles. The van der Waals surface area contributed by atoms with Crippen LogP contribution in [0, 0.1) is 11.8 Å². The quantitative estimate of drug-likeness (QED) is 0.260. The summed E-state index contributed by atoms with van der Waals surface area (Å²) in [4.78, 5) is 17.1. The largest absolute Gasteiger partial charge is 0.473 e. The fourth-order valence-corrected chi connectivity index (χ4v) is 5.29. The molecule has 0 N–H and O–H groups in total. The lowest BCUT2D eigenvalue weighted by Crippen LogP contribution is -2.46. The van der Waals surface area contributed by atoms with E-state index in [1.54, 1.807) is 0 Å². The van der Waals surface area contributed by atoms with E-state index in [4.69, 9.17) is 4.74 Å². The van der Waals surface area contributed by atoms with E-state index in [9.17, 15) is 18.0 Å². The zero-order valence-corrected chi connectivity index (χ0v) is 22.0. The van der Waals surface area contributed by atoms with Gasteiger partial charge in [0.2, 0.25) is 5.91 Å². The van der Waals surface area contributed by atoms with Crippen LogP contribution in [0.15, 0.2) is 18.2 Å². The van der Waals surface area contributed by atoms with E-state index in [0.29, 0.717) is 39.5 Å². The van der Waals surface area contributed by atoms with Gasteiger partial charge in [-0.15, -0.1) is 0 Å². The number of fused-ring (bicyclic) bond motifs is 1. The molecule has 0 aliphatic carbocycles. The van der Waals surface area contributed by atoms with E-state index in [-0.39, 0.29) is 19.2 Å². The van der Waals surface area contributed by atoms with Gasteiger partial charge in [0.25, 0.3) is 0 Å². The number of nitrogens with zero attached hydrogens (tertiary/aromatic N) is 2. The van der Waals surface area contributed by atoms with Gasteiger partial charge >= 0.3 is 6.18 Å². The predicted octanol–water partition coefficient (Wildman–Crippen LogP) is 6.50. The molecule has 0 bridgehead atoms. The molecule has 2 aliphatic heterocycles. The Kier molecular flexibility index (Phi) is 9.34. The SMILES string of the molecule is CC(C)CCC[C@H](CCC(=O)N1COc2ccc(C(F)(F)F)cc2C1)N1CC[C@H](I)C(C)C1. The standard InChI is InChI=1S/C25H36F3IN2O2/c1-17(2)5-4-6-21(30-12-11-22(29)18(3)14-30)8-10-24(32)31-15-19-13-20(25(26,27)28)7-9-23(19)33-16-31/h7,9,13,17-18,21-22H,4-6,8,10-12,14-16H2,1-3H3/t18?,21-,22+/m1/s1. The van der Waals surface area contributed by atoms with Gasteiger partial charge in [-0.1, -0.05) is 56.2 Å². The number of alkyl halides is 4. The molecular weight excluding hydrogens is 544 g/mol. The van der Waals surface area contributed by atoms with Crippen LogP contribution in [-0.4, -0.2) is 45.5 Å².